The molecule has 0 saturated heterocycles. The summed E-state index contributed by atoms with van der Waals surface area (Å²) < 4.78 is 164. The van der Waals surface area contributed by atoms with E-state index in [9.17, 15) is 57.1 Å². The Labute approximate surface area is 110 Å². The molecule has 0 aliphatic carbocycles. The predicted octanol–water partition coefficient (Wildman–Crippen LogP) is 4.07. The van der Waals surface area contributed by atoms with Gasteiger partial charge in [-0.2, -0.15) is 57.1 Å². The van der Waals surface area contributed by atoms with Gasteiger partial charge >= 0.3 is 36.3 Å². The van der Waals surface area contributed by atoms with Gasteiger partial charge in [0.25, 0.3) is 0 Å². The van der Waals surface area contributed by atoms with Crippen molar-refractivity contribution in [2.75, 3.05) is 0 Å². The van der Waals surface area contributed by atoms with Crippen molar-refractivity contribution in [3.05, 3.63) is 0 Å². The Hall–Kier alpha value is -1.28. The first-order valence-corrected chi connectivity index (χ1v) is 4.56. The SMILES string of the molecule is FC(F)(F)C1=NC(C(F)(F)F)(C(F)(F)F)C(F)(F)OC1(F)F. The molecule has 0 aromatic carbocycles. The summed E-state index contributed by atoms with van der Waals surface area (Å²) in [5.74, 6) is 0. The van der Waals surface area contributed by atoms with E-state index in [0.29, 0.717) is 4.99 Å². The molecule has 0 saturated carbocycles. The molecule has 0 unspecified atom stereocenters. The quantitative estimate of drug-likeness (QED) is 0.597. The molecule has 0 aromatic heterocycles. The van der Waals surface area contributed by atoms with Crippen molar-refractivity contribution in [1.29, 1.82) is 0 Å². The molecular weight excluding hydrogens is 361 g/mol. The molecule has 0 N–H and O–H groups in total. The summed E-state index contributed by atoms with van der Waals surface area (Å²) >= 11 is 0. The molecule has 0 bridgehead atoms. The van der Waals surface area contributed by atoms with Crippen LogP contribution >= 0.6 is 0 Å². The van der Waals surface area contributed by atoms with Gasteiger partial charge in [-0.25, -0.2) is 9.73 Å². The van der Waals surface area contributed by atoms with Crippen LogP contribution in [0.15, 0.2) is 4.99 Å². The Balaban J connectivity index is 3.88. The van der Waals surface area contributed by atoms with Gasteiger partial charge in [-0.05, 0) is 0 Å². The van der Waals surface area contributed by atoms with Gasteiger partial charge in [0.1, 0.15) is 0 Å². The number of nitrogens with zero attached hydrogens (tertiary/aromatic N) is 1. The second-order valence-corrected chi connectivity index (χ2v) is 3.80. The van der Waals surface area contributed by atoms with Gasteiger partial charge in [-0.3, -0.25) is 0 Å². The lowest BCUT2D eigenvalue weighted by atomic mass is 9.94. The Morgan fingerprint density at radius 3 is 1.36 bits per heavy atom. The number of aliphatic imine (C=N–C) groups is 1. The number of hydrogen-bond acceptors (Lipinski definition) is 2. The highest BCUT2D eigenvalue weighted by atomic mass is 19.4. The fourth-order valence-electron chi connectivity index (χ4n) is 1.43. The van der Waals surface area contributed by atoms with E-state index in [1.165, 1.54) is 0 Å². The molecule has 0 amide bonds. The third-order valence-electron chi connectivity index (χ3n) is 2.32. The van der Waals surface area contributed by atoms with Crippen molar-refractivity contribution in [2.45, 2.75) is 36.3 Å². The maximum absolute atomic E-state index is 13.0. The van der Waals surface area contributed by atoms with Crippen LogP contribution in [0.2, 0.25) is 0 Å². The molecule has 0 fully saturated rings. The van der Waals surface area contributed by atoms with Crippen LogP contribution in [-0.4, -0.2) is 42.0 Å². The number of rotatable bonds is 0. The second kappa shape index (κ2) is 4.38. The Bertz CT molecular complexity index is 466. The highest BCUT2D eigenvalue weighted by Crippen LogP contribution is 2.59. The number of hydrogen-bond donors (Lipinski definition) is 0. The third-order valence-corrected chi connectivity index (χ3v) is 2.32. The van der Waals surface area contributed by atoms with Gasteiger partial charge < -0.3 is 0 Å². The van der Waals surface area contributed by atoms with Crippen LogP contribution in [0.5, 0.6) is 0 Å². The average Bonchev–Trinajstić information content (AvgIpc) is 2.05. The zero-order valence-corrected chi connectivity index (χ0v) is 9.27. The van der Waals surface area contributed by atoms with E-state index < -0.39 is 42.0 Å². The normalized spacial score (nSPS) is 24.9. The fourth-order valence-corrected chi connectivity index (χ4v) is 1.43. The van der Waals surface area contributed by atoms with E-state index in [1.54, 1.807) is 0 Å². The maximum atomic E-state index is 13.0. The maximum Gasteiger partial charge on any atom is 0.437 e. The van der Waals surface area contributed by atoms with E-state index in [-0.39, 0.29) is 0 Å². The van der Waals surface area contributed by atoms with Gasteiger partial charge in [0.05, 0.1) is 0 Å². The van der Waals surface area contributed by atoms with Crippen molar-refractivity contribution in [3.8, 4) is 0 Å². The molecule has 1 rings (SSSR count). The standard InChI is InChI=1S/C7F13NO/c8-2(9,10)1-3(11,12)22-7(19,20)4(21-1,5(13,14)15)6(16,17)18. The molecule has 0 atom stereocenters. The predicted molar refractivity (Wildman–Crippen MR) is 39.3 cm³/mol. The fraction of sp³-hybridized carbons (Fsp3) is 0.857. The first-order chi connectivity index (χ1) is 9.30. The Kier molecular flexibility index (Phi) is 3.74. The first kappa shape index (κ1) is 18.8. The lowest BCUT2D eigenvalue weighted by Gasteiger charge is -2.43. The third kappa shape index (κ3) is 2.48. The summed E-state index contributed by atoms with van der Waals surface area (Å²) in [5, 5.41) is 0. The minimum atomic E-state index is -7.22. The Morgan fingerprint density at radius 1 is 0.727 bits per heavy atom. The van der Waals surface area contributed by atoms with Gasteiger partial charge in [0, 0.05) is 0 Å². The van der Waals surface area contributed by atoms with Gasteiger partial charge in [0.15, 0.2) is 0 Å². The molecule has 22 heavy (non-hydrogen) atoms. The largest absolute Gasteiger partial charge is 0.437 e. The molecular formula is C7F13NO. The highest BCUT2D eigenvalue weighted by molar-refractivity contribution is 5.95. The van der Waals surface area contributed by atoms with E-state index in [4.69, 9.17) is 0 Å². The van der Waals surface area contributed by atoms with Crippen LogP contribution in [0.1, 0.15) is 0 Å². The van der Waals surface area contributed by atoms with E-state index >= 15 is 0 Å². The number of alkyl halides is 13. The molecule has 15 heteroatoms. The van der Waals surface area contributed by atoms with E-state index in [0.717, 1.165) is 0 Å². The molecule has 1 aliphatic heterocycles. The molecule has 1 aliphatic rings. The van der Waals surface area contributed by atoms with E-state index in [2.05, 4.69) is 0 Å². The van der Waals surface area contributed by atoms with E-state index in [1.807, 2.05) is 4.74 Å². The average molecular weight is 361 g/mol. The summed E-state index contributed by atoms with van der Waals surface area (Å²) in [6, 6.07) is 0. The summed E-state index contributed by atoms with van der Waals surface area (Å²) in [5.41, 5.74) is -10.9. The van der Waals surface area contributed by atoms with Crippen molar-refractivity contribution < 1.29 is 61.8 Å². The van der Waals surface area contributed by atoms with Crippen molar-refractivity contribution >= 4 is 5.71 Å². The lowest BCUT2D eigenvalue weighted by Crippen LogP contribution is -2.72. The van der Waals surface area contributed by atoms with Crippen LogP contribution < -0.4 is 0 Å². The van der Waals surface area contributed by atoms with Crippen LogP contribution in [0, 0.1) is 0 Å². The minimum absolute atomic E-state index is 0.649. The lowest BCUT2D eigenvalue weighted by molar-refractivity contribution is -0.453. The van der Waals surface area contributed by atoms with Gasteiger partial charge in [0.2, 0.25) is 5.71 Å². The number of ether oxygens (including phenoxy) is 1. The van der Waals surface area contributed by atoms with Crippen LogP contribution in [-0.2, 0) is 4.74 Å². The molecule has 2 nitrogen and oxygen atoms in total. The van der Waals surface area contributed by atoms with Gasteiger partial charge in [-0.1, -0.05) is 0 Å². The summed E-state index contributed by atoms with van der Waals surface area (Å²) in [6.45, 7) is 0. The zero-order chi connectivity index (χ0) is 18.0. The molecule has 130 valence electrons. The van der Waals surface area contributed by atoms with Crippen LogP contribution in [0.4, 0.5) is 57.1 Å². The van der Waals surface area contributed by atoms with Crippen molar-refractivity contribution in [2.24, 2.45) is 4.99 Å². The highest BCUT2D eigenvalue weighted by Gasteiger charge is 2.88. The molecule has 0 spiro atoms. The Morgan fingerprint density at radius 2 is 1.09 bits per heavy atom. The van der Waals surface area contributed by atoms with Crippen molar-refractivity contribution in [1.82, 2.24) is 0 Å². The summed E-state index contributed by atoms with van der Waals surface area (Å²) in [4.78, 5) is 0.649. The minimum Gasteiger partial charge on any atom is -0.247 e. The number of halogens is 13. The van der Waals surface area contributed by atoms with Crippen LogP contribution in [0.3, 0.4) is 0 Å². The summed E-state index contributed by atoms with van der Waals surface area (Å²) in [6.07, 6.45) is -34.1. The van der Waals surface area contributed by atoms with Gasteiger partial charge in [-0.15, -0.1) is 0 Å². The molecule has 0 radical (unpaired) electrons. The zero-order valence-electron chi connectivity index (χ0n) is 9.27. The van der Waals surface area contributed by atoms with Crippen LogP contribution in [0.25, 0.3) is 0 Å². The monoisotopic (exact) mass is 361 g/mol. The molecule has 1 heterocycles. The smallest absolute Gasteiger partial charge is 0.247 e. The molecule has 0 aromatic rings. The second-order valence-electron chi connectivity index (χ2n) is 3.80. The first-order valence-electron chi connectivity index (χ1n) is 4.56. The topological polar surface area (TPSA) is 21.6 Å². The van der Waals surface area contributed by atoms with Crippen molar-refractivity contribution in [3.63, 3.8) is 0 Å². The summed E-state index contributed by atoms with van der Waals surface area (Å²) in [7, 11) is 0.